The number of anilines is 3. The van der Waals surface area contributed by atoms with Crippen molar-refractivity contribution >= 4 is 29.0 Å². The molecule has 28 heavy (non-hydrogen) atoms. The molecule has 3 aromatic rings. The van der Waals surface area contributed by atoms with E-state index in [0.717, 1.165) is 11.3 Å². The first kappa shape index (κ1) is 18.8. The second kappa shape index (κ2) is 8.12. The fourth-order valence-electron chi connectivity index (χ4n) is 2.48. The zero-order valence-electron chi connectivity index (χ0n) is 15.1. The molecule has 0 radical (unpaired) electrons. The van der Waals surface area contributed by atoms with Crippen LogP contribution in [0.15, 0.2) is 55.0 Å². The number of rotatable bonds is 7. The summed E-state index contributed by atoms with van der Waals surface area (Å²) in [6, 6.07) is 10.1. The Balaban J connectivity index is 1.92. The van der Waals surface area contributed by atoms with Crippen molar-refractivity contribution in [2.45, 2.75) is 13.0 Å². The maximum absolute atomic E-state index is 11.7. The van der Waals surface area contributed by atoms with E-state index in [0.29, 0.717) is 17.2 Å². The number of amides is 2. The lowest BCUT2D eigenvalue weighted by atomic mass is 10.2. The minimum Gasteiger partial charge on any atom is -0.373 e. The Morgan fingerprint density at radius 3 is 2.54 bits per heavy atom. The summed E-state index contributed by atoms with van der Waals surface area (Å²) in [6.07, 6.45) is 4.77. The van der Waals surface area contributed by atoms with Crippen molar-refractivity contribution < 1.29 is 9.59 Å². The van der Waals surface area contributed by atoms with E-state index in [-0.39, 0.29) is 5.69 Å². The molecule has 1 atom stereocenters. The number of nitrogens with two attached hydrogens (primary N) is 2. The SMILES string of the molecule is C[C@@H](Nc1cnc(C(N)=O)c(Nc2cccc(-c3ccncc3)n2)c1)C(N)=O. The first-order chi connectivity index (χ1) is 13.4. The summed E-state index contributed by atoms with van der Waals surface area (Å²) in [5, 5.41) is 5.97. The summed E-state index contributed by atoms with van der Waals surface area (Å²) in [5.41, 5.74) is 13.2. The molecule has 6 N–H and O–H groups in total. The topological polar surface area (TPSA) is 149 Å². The quantitative estimate of drug-likeness (QED) is 0.489. The Bertz CT molecular complexity index is 1010. The number of carbonyl (C=O) groups excluding carboxylic acids is 2. The number of aromatic nitrogens is 3. The van der Waals surface area contributed by atoms with Gasteiger partial charge in [0, 0.05) is 18.0 Å². The van der Waals surface area contributed by atoms with Crippen LogP contribution in [0.2, 0.25) is 0 Å². The maximum Gasteiger partial charge on any atom is 0.269 e. The maximum atomic E-state index is 11.7. The number of hydrogen-bond donors (Lipinski definition) is 4. The van der Waals surface area contributed by atoms with Crippen LogP contribution in [0.5, 0.6) is 0 Å². The van der Waals surface area contributed by atoms with E-state index in [4.69, 9.17) is 11.5 Å². The van der Waals surface area contributed by atoms with Crippen LogP contribution in [-0.4, -0.2) is 32.8 Å². The fourth-order valence-corrected chi connectivity index (χ4v) is 2.48. The summed E-state index contributed by atoms with van der Waals surface area (Å²) in [7, 11) is 0. The van der Waals surface area contributed by atoms with Crippen LogP contribution in [0.25, 0.3) is 11.3 Å². The van der Waals surface area contributed by atoms with Crippen molar-refractivity contribution in [2.75, 3.05) is 10.6 Å². The Hall–Kier alpha value is -4.01. The van der Waals surface area contributed by atoms with Gasteiger partial charge in [0.15, 0.2) is 5.69 Å². The van der Waals surface area contributed by atoms with Crippen LogP contribution in [0.1, 0.15) is 17.4 Å². The third kappa shape index (κ3) is 4.39. The van der Waals surface area contributed by atoms with Gasteiger partial charge in [0.1, 0.15) is 11.9 Å². The Morgan fingerprint density at radius 2 is 1.86 bits per heavy atom. The highest BCUT2D eigenvalue weighted by Gasteiger charge is 2.14. The molecular weight excluding hydrogens is 358 g/mol. The molecule has 3 heterocycles. The van der Waals surface area contributed by atoms with E-state index in [1.54, 1.807) is 31.5 Å². The summed E-state index contributed by atoms with van der Waals surface area (Å²) in [6.45, 7) is 1.62. The van der Waals surface area contributed by atoms with Gasteiger partial charge < -0.3 is 22.1 Å². The molecule has 0 unspecified atom stereocenters. The van der Waals surface area contributed by atoms with E-state index in [2.05, 4.69) is 25.6 Å². The Kier molecular flexibility index (Phi) is 5.45. The molecule has 0 bridgehead atoms. The van der Waals surface area contributed by atoms with Gasteiger partial charge in [0.25, 0.3) is 5.91 Å². The molecule has 3 aromatic heterocycles. The summed E-state index contributed by atoms with van der Waals surface area (Å²) in [5.74, 6) is -0.707. The standard InChI is InChI=1S/C19H19N7O2/c1-11(18(20)27)24-13-9-15(17(19(21)28)23-10-13)26-16-4-2-3-14(25-16)12-5-7-22-8-6-12/h2-11,24H,1H3,(H2,20,27)(H2,21,28)(H,25,26)/t11-/m1/s1. The molecule has 0 fully saturated rings. The van der Waals surface area contributed by atoms with Crippen LogP contribution >= 0.6 is 0 Å². The van der Waals surface area contributed by atoms with E-state index < -0.39 is 17.9 Å². The van der Waals surface area contributed by atoms with Crippen LogP contribution in [0.3, 0.4) is 0 Å². The first-order valence-corrected chi connectivity index (χ1v) is 8.44. The molecule has 0 saturated carbocycles. The number of nitrogens with one attached hydrogen (secondary N) is 2. The van der Waals surface area contributed by atoms with Crippen LogP contribution in [-0.2, 0) is 4.79 Å². The third-order valence-corrected chi connectivity index (χ3v) is 3.92. The molecule has 0 spiro atoms. The van der Waals surface area contributed by atoms with Gasteiger partial charge in [-0.05, 0) is 37.3 Å². The first-order valence-electron chi connectivity index (χ1n) is 8.44. The Morgan fingerprint density at radius 1 is 1.11 bits per heavy atom. The number of nitrogens with zero attached hydrogens (tertiary/aromatic N) is 3. The second-order valence-electron chi connectivity index (χ2n) is 6.02. The van der Waals surface area contributed by atoms with Crippen LogP contribution in [0.4, 0.5) is 17.2 Å². The third-order valence-electron chi connectivity index (χ3n) is 3.92. The van der Waals surface area contributed by atoms with Gasteiger partial charge in [-0.25, -0.2) is 9.97 Å². The van der Waals surface area contributed by atoms with E-state index >= 15 is 0 Å². The van der Waals surface area contributed by atoms with Crippen molar-refractivity contribution in [3.8, 4) is 11.3 Å². The van der Waals surface area contributed by atoms with Gasteiger partial charge in [-0.1, -0.05) is 6.07 Å². The van der Waals surface area contributed by atoms with E-state index in [1.165, 1.54) is 6.20 Å². The van der Waals surface area contributed by atoms with Crippen LogP contribution < -0.4 is 22.1 Å². The number of hydrogen-bond acceptors (Lipinski definition) is 7. The van der Waals surface area contributed by atoms with Crippen molar-refractivity contribution in [3.63, 3.8) is 0 Å². The number of carbonyl (C=O) groups is 2. The molecule has 0 saturated heterocycles. The van der Waals surface area contributed by atoms with Gasteiger partial charge in [-0.15, -0.1) is 0 Å². The minimum absolute atomic E-state index is 0.0494. The summed E-state index contributed by atoms with van der Waals surface area (Å²) < 4.78 is 0. The molecule has 142 valence electrons. The van der Waals surface area contributed by atoms with Gasteiger partial charge in [0.05, 0.1) is 23.3 Å². The fraction of sp³-hybridized carbons (Fsp3) is 0.105. The predicted octanol–water partition coefficient (Wildman–Crippen LogP) is 1.67. The molecule has 0 aliphatic rings. The smallest absolute Gasteiger partial charge is 0.269 e. The summed E-state index contributed by atoms with van der Waals surface area (Å²) in [4.78, 5) is 35.6. The lowest BCUT2D eigenvalue weighted by Gasteiger charge is -2.15. The van der Waals surface area contributed by atoms with Gasteiger partial charge in [-0.3, -0.25) is 14.6 Å². The lowest BCUT2D eigenvalue weighted by Crippen LogP contribution is -2.32. The molecule has 9 heteroatoms. The predicted molar refractivity (Wildman–Crippen MR) is 106 cm³/mol. The Labute approximate surface area is 161 Å². The van der Waals surface area contributed by atoms with Crippen molar-refractivity contribution in [2.24, 2.45) is 11.5 Å². The van der Waals surface area contributed by atoms with Crippen molar-refractivity contribution in [1.29, 1.82) is 0 Å². The average Bonchev–Trinajstić information content (AvgIpc) is 2.69. The highest BCUT2D eigenvalue weighted by atomic mass is 16.1. The second-order valence-corrected chi connectivity index (χ2v) is 6.02. The van der Waals surface area contributed by atoms with Gasteiger partial charge in [0.2, 0.25) is 5.91 Å². The molecule has 3 rings (SSSR count). The van der Waals surface area contributed by atoms with E-state index in [9.17, 15) is 9.59 Å². The molecule has 2 amide bonds. The molecule has 0 aliphatic heterocycles. The largest absolute Gasteiger partial charge is 0.373 e. The average molecular weight is 377 g/mol. The van der Waals surface area contributed by atoms with E-state index in [1.807, 2.05) is 24.3 Å². The normalized spacial score (nSPS) is 11.5. The summed E-state index contributed by atoms with van der Waals surface area (Å²) >= 11 is 0. The highest BCUT2D eigenvalue weighted by molar-refractivity contribution is 5.97. The monoisotopic (exact) mass is 377 g/mol. The van der Waals surface area contributed by atoms with Crippen molar-refractivity contribution in [3.05, 3.63) is 60.7 Å². The molecule has 0 aliphatic carbocycles. The zero-order valence-corrected chi connectivity index (χ0v) is 15.1. The minimum atomic E-state index is -0.692. The molecule has 0 aromatic carbocycles. The lowest BCUT2D eigenvalue weighted by molar-refractivity contribution is -0.118. The van der Waals surface area contributed by atoms with Crippen molar-refractivity contribution in [1.82, 2.24) is 15.0 Å². The molecular formula is C19H19N7O2. The number of pyridine rings is 3. The highest BCUT2D eigenvalue weighted by Crippen LogP contribution is 2.24. The van der Waals surface area contributed by atoms with Crippen LogP contribution in [0, 0.1) is 0 Å². The van der Waals surface area contributed by atoms with Gasteiger partial charge >= 0.3 is 0 Å². The molecule has 9 nitrogen and oxygen atoms in total. The van der Waals surface area contributed by atoms with Gasteiger partial charge in [-0.2, -0.15) is 0 Å². The number of primary amides is 2. The zero-order chi connectivity index (χ0) is 20.1.